The minimum Gasteiger partial charge on any atom is -0.495 e. The first-order chi connectivity index (χ1) is 12.3. The van der Waals surface area contributed by atoms with Crippen LogP contribution in [-0.4, -0.2) is 69.9 Å². The fraction of sp³-hybridized carbons (Fsp3) is 0.611. The Morgan fingerprint density at radius 1 is 1.08 bits per heavy atom. The molecule has 0 fully saturated rings. The Balaban J connectivity index is 3.04. The molecule has 0 unspecified atom stereocenters. The van der Waals surface area contributed by atoms with E-state index in [1.54, 1.807) is 19.9 Å². The lowest BCUT2D eigenvalue weighted by atomic mass is 10.2. The van der Waals surface area contributed by atoms with Gasteiger partial charge in [0.1, 0.15) is 10.6 Å². The minimum absolute atomic E-state index is 0.0140. The van der Waals surface area contributed by atoms with E-state index in [1.807, 2.05) is 0 Å². The third kappa shape index (κ3) is 5.43. The highest BCUT2D eigenvalue weighted by Gasteiger charge is 2.26. The van der Waals surface area contributed by atoms with Crippen molar-refractivity contribution in [3.63, 3.8) is 0 Å². The predicted octanol–water partition coefficient (Wildman–Crippen LogP) is 1.80. The lowest BCUT2D eigenvalue weighted by molar-refractivity contribution is 0.0948. The van der Waals surface area contributed by atoms with Crippen molar-refractivity contribution < 1.29 is 17.9 Å². The fourth-order valence-corrected chi connectivity index (χ4v) is 4.33. The Bertz CT molecular complexity index is 684. The van der Waals surface area contributed by atoms with Crippen LogP contribution in [0.25, 0.3) is 0 Å². The summed E-state index contributed by atoms with van der Waals surface area (Å²) in [7, 11) is -2.30. The smallest absolute Gasteiger partial charge is 0.251 e. The molecule has 1 aromatic carbocycles. The van der Waals surface area contributed by atoms with E-state index in [-0.39, 0.29) is 16.6 Å². The summed E-state index contributed by atoms with van der Waals surface area (Å²) >= 11 is 0. The molecule has 8 heteroatoms. The van der Waals surface area contributed by atoms with Crippen LogP contribution in [-0.2, 0) is 10.0 Å². The molecule has 0 bridgehead atoms. The molecule has 1 rings (SSSR count). The van der Waals surface area contributed by atoms with Crippen molar-refractivity contribution in [2.75, 3.05) is 46.4 Å². The van der Waals surface area contributed by atoms with Gasteiger partial charge in [-0.1, -0.05) is 27.7 Å². The van der Waals surface area contributed by atoms with Crippen molar-refractivity contribution in [3.05, 3.63) is 23.8 Å². The van der Waals surface area contributed by atoms with Crippen LogP contribution in [0.3, 0.4) is 0 Å². The van der Waals surface area contributed by atoms with Crippen molar-refractivity contribution in [1.29, 1.82) is 0 Å². The molecule has 0 aliphatic heterocycles. The number of nitrogens with zero attached hydrogens (tertiary/aromatic N) is 2. The Hall–Kier alpha value is -1.64. The van der Waals surface area contributed by atoms with Gasteiger partial charge in [-0.25, -0.2) is 8.42 Å². The second-order valence-corrected chi connectivity index (χ2v) is 7.64. The lowest BCUT2D eigenvalue weighted by Crippen LogP contribution is -2.35. The van der Waals surface area contributed by atoms with Crippen LogP contribution in [0.1, 0.15) is 38.1 Å². The van der Waals surface area contributed by atoms with Gasteiger partial charge in [0.25, 0.3) is 5.91 Å². The van der Waals surface area contributed by atoms with Crippen molar-refractivity contribution in [2.45, 2.75) is 32.6 Å². The average molecular weight is 386 g/mol. The molecule has 1 N–H and O–H groups in total. The predicted molar refractivity (Wildman–Crippen MR) is 103 cm³/mol. The molecule has 0 atom stereocenters. The number of hydrogen-bond donors (Lipinski definition) is 1. The number of sulfonamides is 1. The van der Waals surface area contributed by atoms with Gasteiger partial charge in [-0.2, -0.15) is 4.31 Å². The van der Waals surface area contributed by atoms with Gasteiger partial charge in [0.05, 0.1) is 7.11 Å². The summed E-state index contributed by atoms with van der Waals surface area (Å²) in [5, 5.41) is 2.84. The third-order valence-corrected chi connectivity index (χ3v) is 6.43. The highest BCUT2D eigenvalue weighted by atomic mass is 32.2. The first-order valence-corrected chi connectivity index (χ1v) is 10.5. The number of methoxy groups -OCH3 is 1. The van der Waals surface area contributed by atoms with E-state index in [0.717, 1.165) is 19.6 Å². The van der Waals surface area contributed by atoms with Gasteiger partial charge in [-0.15, -0.1) is 0 Å². The van der Waals surface area contributed by atoms with E-state index in [4.69, 9.17) is 4.74 Å². The number of amides is 1. The molecule has 1 amide bonds. The van der Waals surface area contributed by atoms with Gasteiger partial charge in [0.15, 0.2) is 0 Å². The second kappa shape index (κ2) is 10.5. The molecule has 0 saturated heterocycles. The van der Waals surface area contributed by atoms with Gasteiger partial charge < -0.3 is 15.0 Å². The van der Waals surface area contributed by atoms with Crippen molar-refractivity contribution in [2.24, 2.45) is 0 Å². The summed E-state index contributed by atoms with van der Waals surface area (Å²) in [6, 6.07) is 4.49. The normalized spacial score (nSPS) is 11.8. The first kappa shape index (κ1) is 22.4. The third-order valence-electron chi connectivity index (χ3n) is 4.36. The maximum absolute atomic E-state index is 12.8. The second-order valence-electron chi connectivity index (χ2n) is 5.74. The zero-order chi connectivity index (χ0) is 19.7. The molecule has 7 nitrogen and oxygen atoms in total. The Morgan fingerprint density at radius 2 is 1.69 bits per heavy atom. The molecule has 0 aliphatic rings. The van der Waals surface area contributed by atoms with Crippen LogP contribution < -0.4 is 10.1 Å². The molecule has 1 aromatic rings. The Morgan fingerprint density at radius 3 is 2.19 bits per heavy atom. The number of ether oxygens (including phenoxy) is 1. The number of hydrogen-bond acceptors (Lipinski definition) is 5. The summed E-state index contributed by atoms with van der Waals surface area (Å²) in [6.07, 6.45) is 0. The zero-order valence-electron chi connectivity index (χ0n) is 16.4. The van der Waals surface area contributed by atoms with Gasteiger partial charge in [-0.05, 0) is 31.3 Å². The SMILES string of the molecule is CCN(CC)CCNC(=O)c1ccc(OC)c(S(=O)(=O)N(CC)CC)c1. The molecule has 0 spiro atoms. The zero-order valence-corrected chi connectivity index (χ0v) is 17.2. The van der Waals surface area contributed by atoms with Gasteiger partial charge in [-0.3, -0.25) is 4.79 Å². The van der Waals surface area contributed by atoms with Crippen LogP contribution in [0.4, 0.5) is 0 Å². The fourth-order valence-electron chi connectivity index (χ4n) is 2.69. The van der Waals surface area contributed by atoms with Crippen molar-refractivity contribution in [3.8, 4) is 5.75 Å². The quantitative estimate of drug-likeness (QED) is 0.628. The number of carbonyl (C=O) groups excluding carboxylic acids is 1. The summed E-state index contributed by atoms with van der Waals surface area (Å²) < 4.78 is 32.2. The molecular weight excluding hydrogens is 354 g/mol. The number of nitrogens with one attached hydrogen (secondary N) is 1. The largest absolute Gasteiger partial charge is 0.495 e. The van der Waals surface area contributed by atoms with Crippen molar-refractivity contribution >= 4 is 15.9 Å². The van der Waals surface area contributed by atoms with Gasteiger partial charge in [0.2, 0.25) is 10.0 Å². The van der Waals surface area contributed by atoms with Crippen LogP contribution in [0.15, 0.2) is 23.1 Å². The molecule has 0 aromatic heterocycles. The highest BCUT2D eigenvalue weighted by molar-refractivity contribution is 7.89. The number of rotatable bonds is 11. The van der Waals surface area contributed by atoms with E-state index < -0.39 is 10.0 Å². The van der Waals surface area contributed by atoms with Gasteiger partial charge in [0, 0.05) is 31.7 Å². The minimum atomic E-state index is -3.72. The topological polar surface area (TPSA) is 79.0 Å². The van der Waals surface area contributed by atoms with Crippen LogP contribution in [0, 0.1) is 0 Å². The average Bonchev–Trinajstić information content (AvgIpc) is 2.65. The maximum atomic E-state index is 12.8. The monoisotopic (exact) mass is 385 g/mol. The molecule has 26 heavy (non-hydrogen) atoms. The Labute approximate surface area is 157 Å². The highest BCUT2D eigenvalue weighted by Crippen LogP contribution is 2.27. The first-order valence-electron chi connectivity index (χ1n) is 9.04. The van der Waals surface area contributed by atoms with Gasteiger partial charge >= 0.3 is 0 Å². The van der Waals surface area contributed by atoms with Crippen molar-refractivity contribution in [1.82, 2.24) is 14.5 Å². The standard InChI is InChI=1S/C18H31N3O4S/c1-6-20(7-2)13-12-19-18(22)15-10-11-16(25-5)17(14-15)26(23,24)21(8-3)9-4/h10-11,14H,6-9,12-13H2,1-5H3,(H,19,22). The van der Waals surface area contributed by atoms with E-state index in [2.05, 4.69) is 24.1 Å². The molecule has 0 radical (unpaired) electrons. The van der Waals surface area contributed by atoms with E-state index in [0.29, 0.717) is 25.2 Å². The molecule has 0 saturated carbocycles. The number of likely N-dealkylation sites (N-methyl/N-ethyl adjacent to an activating group) is 1. The van der Waals surface area contributed by atoms with Crippen LogP contribution in [0.2, 0.25) is 0 Å². The molecule has 148 valence electrons. The lowest BCUT2D eigenvalue weighted by Gasteiger charge is -2.21. The van der Waals surface area contributed by atoms with E-state index in [1.165, 1.54) is 23.5 Å². The summed E-state index contributed by atoms with van der Waals surface area (Å²) in [6.45, 7) is 11.5. The summed E-state index contributed by atoms with van der Waals surface area (Å²) in [5.74, 6) is -0.0626. The molecule has 0 heterocycles. The maximum Gasteiger partial charge on any atom is 0.251 e. The molecular formula is C18H31N3O4S. The number of benzene rings is 1. The van der Waals surface area contributed by atoms with E-state index >= 15 is 0 Å². The number of carbonyl (C=O) groups is 1. The Kier molecular flexibility index (Phi) is 9.04. The summed E-state index contributed by atoms with van der Waals surface area (Å²) in [4.78, 5) is 14.6. The summed E-state index contributed by atoms with van der Waals surface area (Å²) in [5.41, 5.74) is 0.302. The van der Waals surface area contributed by atoms with E-state index in [9.17, 15) is 13.2 Å². The molecule has 0 aliphatic carbocycles. The van der Waals surface area contributed by atoms with Crippen LogP contribution >= 0.6 is 0 Å². The van der Waals surface area contributed by atoms with Crippen LogP contribution in [0.5, 0.6) is 5.75 Å².